The van der Waals surface area contributed by atoms with Crippen molar-refractivity contribution in [1.82, 2.24) is 10.2 Å². The molecular formula is C13H16N4O2S. The van der Waals surface area contributed by atoms with E-state index in [4.69, 9.17) is 5.11 Å². The van der Waals surface area contributed by atoms with E-state index < -0.39 is 0 Å². The normalized spacial score (nSPS) is 10.2. The molecule has 0 aliphatic carbocycles. The maximum atomic E-state index is 12.0. The van der Waals surface area contributed by atoms with Crippen LogP contribution >= 0.6 is 11.3 Å². The van der Waals surface area contributed by atoms with E-state index in [1.165, 1.54) is 11.3 Å². The predicted molar refractivity (Wildman–Crippen MR) is 78.9 cm³/mol. The van der Waals surface area contributed by atoms with E-state index >= 15 is 0 Å². The monoisotopic (exact) mass is 292 g/mol. The summed E-state index contributed by atoms with van der Waals surface area (Å²) in [5.41, 5.74) is 2.52. The zero-order chi connectivity index (χ0) is 14.2. The molecule has 2 N–H and O–H groups in total. The number of anilines is 2. The number of aromatic nitrogens is 2. The van der Waals surface area contributed by atoms with Crippen LogP contribution in [0.3, 0.4) is 0 Å². The molecule has 6 nitrogen and oxygen atoms in total. The van der Waals surface area contributed by atoms with Crippen LogP contribution in [0, 0.1) is 0 Å². The van der Waals surface area contributed by atoms with Crippen LogP contribution in [0.5, 0.6) is 0 Å². The van der Waals surface area contributed by atoms with E-state index in [-0.39, 0.29) is 19.1 Å². The summed E-state index contributed by atoms with van der Waals surface area (Å²) < 4.78 is 0. The van der Waals surface area contributed by atoms with Crippen molar-refractivity contribution in [1.29, 1.82) is 0 Å². The molecule has 0 aliphatic heterocycles. The molecule has 20 heavy (non-hydrogen) atoms. The van der Waals surface area contributed by atoms with Gasteiger partial charge in [-0.05, 0) is 18.6 Å². The Balaban J connectivity index is 1.98. The van der Waals surface area contributed by atoms with E-state index in [1.54, 1.807) is 5.51 Å². The smallest absolute Gasteiger partial charge is 0.245 e. The van der Waals surface area contributed by atoms with Crippen LogP contribution in [0.2, 0.25) is 0 Å². The van der Waals surface area contributed by atoms with Gasteiger partial charge in [0.25, 0.3) is 0 Å². The van der Waals surface area contributed by atoms with Crippen molar-refractivity contribution in [3.8, 4) is 0 Å². The highest BCUT2D eigenvalue weighted by Crippen LogP contribution is 2.14. The maximum Gasteiger partial charge on any atom is 0.245 e. The standard InChI is InChI=1S/C13H16N4O2S/c18-8-4-7-17(11-5-2-1-3-6-11)9-12(19)15-13-16-14-10-20-13/h1-3,5-6,10,18H,4,7-9H2,(H,15,16,19). The van der Waals surface area contributed by atoms with E-state index in [0.29, 0.717) is 18.1 Å². The molecule has 0 unspecified atom stereocenters. The number of amides is 1. The lowest BCUT2D eigenvalue weighted by Crippen LogP contribution is -2.34. The quantitative estimate of drug-likeness (QED) is 0.806. The summed E-state index contributed by atoms with van der Waals surface area (Å²) in [6, 6.07) is 9.65. The van der Waals surface area contributed by atoms with Crippen molar-refractivity contribution < 1.29 is 9.90 Å². The highest BCUT2D eigenvalue weighted by molar-refractivity contribution is 7.13. The van der Waals surface area contributed by atoms with Crippen molar-refractivity contribution in [3.05, 3.63) is 35.8 Å². The fourth-order valence-electron chi connectivity index (χ4n) is 1.76. The van der Waals surface area contributed by atoms with Crippen LogP contribution in [0.4, 0.5) is 10.8 Å². The SMILES string of the molecule is O=C(CN(CCCO)c1ccccc1)Nc1nncs1. The van der Waals surface area contributed by atoms with Crippen LogP contribution in [-0.2, 0) is 4.79 Å². The second kappa shape index (κ2) is 7.56. The molecule has 0 bridgehead atoms. The number of aliphatic hydroxyl groups excluding tert-OH is 1. The molecule has 0 spiro atoms. The first-order chi connectivity index (χ1) is 9.79. The lowest BCUT2D eigenvalue weighted by molar-refractivity contribution is -0.115. The van der Waals surface area contributed by atoms with Crippen LogP contribution < -0.4 is 10.2 Å². The highest BCUT2D eigenvalue weighted by atomic mass is 32.1. The topological polar surface area (TPSA) is 78.4 Å². The Morgan fingerprint density at radius 3 is 2.80 bits per heavy atom. The number of benzene rings is 1. The number of carbonyl (C=O) groups excluding carboxylic acids is 1. The molecule has 1 aromatic carbocycles. The summed E-state index contributed by atoms with van der Waals surface area (Å²) in [5, 5.41) is 19.6. The average molecular weight is 292 g/mol. The number of nitrogens with one attached hydrogen (secondary N) is 1. The number of carbonyl (C=O) groups is 1. The molecule has 0 aliphatic rings. The van der Waals surface area contributed by atoms with Crippen LogP contribution in [0.25, 0.3) is 0 Å². The Hall–Kier alpha value is -1.99. The average Bonchev–Trinajstić information content (AvgIpc) is 2.97. The van der Waals surface area contributed by atoms with Gasteiger partial charge in [-0.25, -0.2) is 0 Å². The van der Waals surface area contributed by atoms with Gasteiger partial charge in [0.05, 0.1) is 6.54 Å². The van der Waals surface area contributed by atoms with Crippen molar-refractivity contribution in [3.63, 3.8) is 0 Å². The van der Waals surface area contributed by atoms with Gasteiger partial charge in [0.1, 0.15) is 5.51 Å². The summed E-state index contributed by atoms with van der Waals surface area (Å²) in [5.74, 6) is -0.149. The number of rotatable bonds is 7. The molecule has 2 rings (SSSR count). The summed E-state index contributed by atoms with van der Waals surface area (Å²) >= 11 is 1.28. The van der Waals surface area contributed by atoms with Crippen molar-refractivity contribution in [2.45, 2.75) is 6.42 Å². The van der Waals surface area contributed by atoms with E-state index in [0.717, 1.165) is 5.69 Å². The van der Waals surface area contributed by atoms with Crippen molar-refractivity contribution >= 4 is 28.1 Å². The van der Waals surface area contributed by atoms with Gasteiger partial charge in [-0.1, -0.05) is 29.5 Å². The molecule has 2 aromatic rings. The van der Waals surface area contributed by atoms with E-state index in [1.807, 2.05) is 35.2 Å². The third-order valence-corrected chi connectivity index (χ3v) is 3.26. The predicted octanol–water partition coefficient (Wildman–Crippen LogP) is 1.37. The molecule has 1 aromatic heterocycles. The summed E-state index contributed by atoms with van der Waals surface area (Å²) in [4.78, 5) is 13.9. The van der Waals surface area contributed by atoms with Gasteiger partial charge in [-0.15, -0.1) is 10.2 Å². The van der Waals surface area contributed by atoms with Gasteiger partial charge >= 0.3 is 0 Å². The minimum absolute atomic E-state index is 0.0986. The van der Waals surface area contributed by atoms with Crippen LogP contribution in [0.1, 0.15) is 6.42 Å². The van der Waals surface area contributed by atoms with Gasteiger partial charge in [-0.3, -0.25) is 10.1 Å². The molecule has 1 heterocycles. The first-order valence-electron chi connectivity index (χ1n) is 6.26. The fraction of sp³-hybridized carbons (Fsp3) is 0.308. The third-order valence-electron chi connectivity index (χ3n) is 2.65. The molecule has 0 fully saturated rings. The third kappa shape index (κ3) is 4.29. The van der Waals surface area contributed by atoms with Gasteiger partial charge in [0, 0.05) is 18.8 Å². The second-order valence-electron chi connectivity index (χ2n) is 4.13. The zero-order valence-corrected chi connectivity index (χ0v) is 11.7. The second-order valence-corrected chi connectivity index (χ2v) is 4.96. The van der Waals surface area contributed by atoms with Gasteiger partial charge < -0.3 is 10.0 Å². The molecule has 0 saturated carbocycles. The molecule has 0 saturated heterocycles. The largest absolute Gasteiger partial charge is 0.396 e. The first kappa shape index (κ1) is 14.4. The molecule has 1 amide bonds. The minimum atomic E-state index is -0.149. The van der Waals surface area contributed by atoms with Crippen molar-refractivity contribution in [2.24, 2.45) is 0 Å². The van der Waals surface area contributed by atoms with E-state index in [2.05, 4.69) is 15.5 Å². The fourth-order valence-corrected chi connectivity index (χ4v) is 2.22. The van der Waals surface area contributed by atoms with Gasteiger partial charge in [-0.2, -0.15) is 0 Å². The van der Waals surface area contributed by atoms with Crippen LogP contribution in [0.15, 0.2) is 35.8 Å². The molecule has 0 atom stereocenters. The van der Waals surface area contributed by atoms with Crippen molar-refractivity contribution in [2.75, 3.05) is 29.9 Å². The number of hydrogen-bond acceptors (Lipinski definition) is 6. The zero-order valence-electron chi connectivity index (χ0n) is 10.9. The Bertz CT molecular complexity index is 518. The number of nitrogens with zero attached hydrogens (tertiary/aromatic N) is 3. The van der Waals surface area contributed by atoms with E-state index in [9.17, 15) is 4.79 Å². The number of aliphatic hydroxyl groups is 1. The lowest BCUT2D eigenvalue weighted by atomic mass is 10.2. The minimum Gasteiger partial charge on any atom is -0.396 e. The summed E-state index contributed by atoms with van der Waals surface area (Å²) in [6.45, 7) is 0.926. The van der Waals surface area contributed by atoms with Crippen LogP contribution in [-0.4, -0.2) is 40.9 Å². The Kier molecular flexibility index (Phi) is 5.45. The molecular weight excluding hydrogens is 276 g/mol. The Morgan fingerprint density at radius 2 is 2.15 bits per heavy atom. The van der Waals surface area contributed by atoms with Gasteiger partial charge in [0.2, 0.25) is 11.0 Å². The maximum absolute atomic E-state index is 12.0. The Morgan fingerprint density at radius 1 is 1.35 bits per heavy atom. The Labute approximate surface area is 121 Å². The number of para-hydroxylation sites is 1. The first-order valence-corrected chi connectivity index (χ1v) is 7.14. The number of hydrogen-bond donors (Lipinski definition) is 2. The highest BCUT2D eigenvalue weighted by Gasteiger charge is 2.12. The summed E-state index contributed by atoms with van der Waals surface area (Å²) in [7, 11) is 0. The molecule has 106 valence electrons. The molecule has 0 radical (unpaired) electrons. The summed E-state index contributed by atoms with van der Waals surface area (Å²) in [6.07, 6.45) is 0.612. The van der Waals surface area contributed by atoms with Gasteiger partial charge in [0.15, 0.2) is 0 Å². The lowest BCUT2D eigenvalue weighted by Gasteiger charge is -2.23. The molecule has 7 heteroatoms.